The monoisotopic (exact) mass is 170 g/mol. The second kappa shape index (κ2) is 2.77. The summed E-state index contributed by atoms with van der Waals surface area (Å²) in [5.41, 5.74) is 2.37. The zero-order valence-electron chi connectivity index (χ0n) is 6.05. The molecule has 0 radical (unpaired) electrons. The molecule has 0 saturated heterocycles. The quantitative estimate of drug-likeness (QED) is 0.442. The lowest BCUT2D eigenvalue weighted by Gasteiger charge is -2.18. The molecule has 0 aromatic rings. The summed E-state index contributed by atoms with van der Waals surface area (Å²) >= 11 is 6.25. The molecule has 0 nitrogen and oxygen atoms in total. The van der Waals surface area contributed by atoms with Gasteiger partial charge in [-0.15, -0.1) is 6.58 Å². The number of allylic oxidation sites excluding steroid dienone is 4. The minimum Gasteiger partial charge on any atom is -0.161 e. The van der Waals surface area contributed by atoms with Crippen LogP contribution < -0.4 is 0 Å². The predicted molar refractivity (Wildman–Crippen MR) is 49.7 cm³/mol. The summed E-state index contributed by atoms with van der Waals surface area (Å²) in [6.45, 7) is 5.84. The Balaban J connectivity index is 2.73. The average Bonchev–Trinajstić information content (AvgIpc) is 2.38. The van der Waals surface area contributed by atoms with Gasteiger partial charge >= 0.3 is 0 Å². The molecular weight excluding hydrogens is 160 g/mol. The Bertz CT molecular complexity index is 179. The van der Waals surface area contributed by atoms with Crippen molar-refractivity contribution >= 4 is 18.5 Å². The van der Waals surface area contributed by atoms with Crippen LogP contribution in [-0.4, -0.2) is 7.38 Å². The van der Waals surface area contributed by atoms with Gasteiger partial charge in [-0.05, 0) is 0 Å². The molecule has 54 valence electrons. The van der Waals surface area contributed by atoms with E-state index in [2.05, 4.69) is 25.3 Å². The molecular formula is C8H11ClSi. The molecule has 0 heterocycles. The first-order valence-corrected chi connectivity index (χ1v) is 7.01. The van der Waals surface area contributed by atoms with Crippen molar-refractivity contribution in [2.75, 3.05) is 0 Å². The van der Waals surface area contributed by atoms with Crippen molar-refractivity contribution in [2.45, 2.75) is 12.1 Å². The van der Waals surface area contributed by atoms with Gasteiger partial charge in [0.2, 0.25) is 0 Å². The maximum atomic E-state index is 6.25. The van der Waals surface area contributed by atoms with Crippen LogP contribution >= 0.6 is 11.1 Å². The molecule has 1 aliphatic carbocycles. The SMILES string of the molecule is C=C[Si](C)(Cl)C1C=CC=C1. The third kappa shape index (κ3) is 1.41. The van der Waals surface area contributed by atoms with Crippen LogP contribution in [0, 0.1) is 0 Å². The van der Waals surface area contributed by atoms with Crippen molar-refractivity contribution in [1.29, 1.82) is 0 Å². The Morgan fingerprint density at radius 2 is 2.00 bits per heavy atom. The van der Waals surface area contributed by atoms with Crippen LogP contribution in [0.15, 0.2) is 36.6 Å². The van der Waals surface area contributed by atoms with Gasteiger partial charge in [0.15, 0.2) is 7.38 Å². The summed E-state index contributed by atoms with van der Waals surface area (Å²) < 4.78 is 0. The fraction of sp³-hybridized carbons (Fsp3) is 0.250. The lowest BCUT2D eigenvalue weighted by molar-refractivity contribution is 1.35. The largest absolute Gasteiger partial charge is 0.186 e. The van der Waals surface area contributed by atoms with E-state index in [1.807, 2.05) is 17.9 Å². The molecule has 1 aliphatic rings. The van der Waals surface area contributed by atoms with E-state index in [0.29, 0.717) is 5.54 Å². The highest BCUT2D eigenvalue weighted by Gasteiger charge is 2.28. The molecule has 1 unspecified atom stereocenters. The summed E-state index contributed by atoms with van der Waals surface area (Å²) in [5.74, 6) is 0. The molecule has 1 rings (SSSR count). The van der Waals surface area contributed by atoms with Crippen LogP contribution in [0.25, 0.3) is 0 Å². The van der Waals surface area contributed by atoms with Crippen molar-refractivity contribution in [3.8, 4) is 0 Å². The second-order valence-corrected chi connectivity index (χ2v) is 8.47. The molecule has 0 fully saturated rings. The van der Waals surface area contributed by atoms with Gasteiger partial charge in [-0.3, -0.25) is 0 Å². The molecule has 0 aromatic carbocycles. The highest BCUT2D eigenvalue weighted by Crippen LogP contribution is 2.31. The van der Waals surface area contributed by atoms with Crippen LogP contribution in [0.5, 0.6) is 0 Å². The standard InChI is InChI=1S/C8H11ClSi/c1-3-10(2,9)8-6-4-5-7-8/h3-8H,1H2,2H3. The maximum Gasteiger partial charge on any atom is 0.186 e. The predicted octanol–water partition coefficient (Wildman–Crippen LogP) is 3.02. The molecule has 0 bridgehead atoms. The smallest absolute Gasteiger partial charge is 0.161 e. The molecule has 0 aromatic heterocycles. The Labute approximate surface area is 67.6 Å². The van der Waals surface area contributed by atoms with Crippen LogP contribution in [-0.2, 0) is 0 Å². The van der Waals surface area contributed by atoms with Crippen molar-refractivity contribution in [1.82, 2.24) is 0 Å². The first-order valence-electron chi connectivity index (χ1n) is 3.34. The van der Waals surface area contributed by atoms with Crippen LogP contribution in [0.1, 0.15) is 0 Å². The van der Waals surface area contributed by atoms with Crippen LogP contribution in [0.4, 0.5) is 0 Å². The number of rotatable bonds is 2. The number of hydrogen-bond acceptors (Lipinski definition) is 0. The molecule has 10 heavy (non-hydrogen) atoms. The van der Waals surface area contributed by atoms with Gasteiger partial charge in [-0.1, -0.05) is 36.6 Å². The first-order chi connectivity index (χ1) is 4.67. The molecule has 0 aliphatic heterocycles. The Kier molecular flexibility index (Phi) is 2.17. The first kappa shape index (κ1) is 7.83. The third-order valence-corrected chi connectivity index (χ3v) is 5.50. The van der Waals surface area contributed by atoms with E-state index in [1.54, 1.807) is 0 Å². The summed E-state index contributed by atoms with van der Waals surface area (Å²) in [4.78, 5) is 0. The van der Waals surface area contributed by atoms with E-state index in [-0.39, 0.29) is 0 Å². The summed E-state index contributed by atoms with van der Waals surface area (Å²) in [6.07, 6.45) is 8.37. The van der Waals surface area contributed by atoms with E-state index in [0.717, 1.165) is 0 Å². The van der Waals surface area contributed by atoms with Gasteiger partial charge in [0.25, 0.3) is 0 Å². The minimum atomic E-state index is -1.68. The zero-order chi connectivity index (χ0) is 7.61. The fourth-order valence-electron chi connectivity index (χ4n) is 0.944. The van der Waals surface area contributed by atoms with Crippen molar-refractivity contribution in [3.05, 3.63) is 36.6 Å². The fourth-order valence-corrected chi connectivity index (χ4v) is 2.63. The highest BCUT2D eigenvalue weighted by atomic mass is 35.6. The molecule has 0 N–H and O–H groups in total. The van der Waals surface area contributed by atoms with E-state index in [4.69, 9.17) is 11.1 Å². The summed E-state index contributed by atoms with van der Waals surface area (Å²) in [7, 11) is -1.68. The van der Waals surface area contributed by atoms with Gasteiger partial charge in [0, 0.05) is 5.54 Å². The summed E-state index contributed by atoms with van der Waals surface area (Å²) in [5, 5.41) is 0. The van der Waals surface area contributed by atoms with Gasteiger partial charge in [-0.25, -0.2) is 0 Å². The molecule has 0 spiro atoms. The molecule has 0 amide bonds. The number of hydrogen-bond donors (Lipinski definition) is 0. The van der Waals surface area contributed by atoms with Crippen LogP contribution in [0.2, 0.25) is 12.1 Å². The molecule has 2 heteroatoms. The molecule has 1 atom stereocenters. The lowest BCUT2D eigenvalue weighted by Crippen LogP contribution is -2.23. The van der Waals surface area contributed by atoms with E-state index >= 15 is 0 Å². The minimum absolute atomic E-state index is 0.451. The van der Waals surface area contributed by atoms with Crippen molar-refractivity contribution in [2.24, 2.45) is 0 Å². The third-order valence-electron chi connectivity index (χ3n) is 1.80. The van der Waals surface area contributed by atoms with E-state index in [1.165, 1.54) is 0 Å². The zero-order valence-corrected chi connectivity index (χ0v) is 7.81. The topological polar surface area (TPSA) is 0 Å². The van der Waals surface area contributed by atoms with E-state index in [9.17, 15) is 0 Å². The normalized spacial score (nSPS) is 23.0. The highest BCUT2D eigenvalue weighted by molar-refractivity contribution is 7.23. The van der Waals surface area contributed by atoms with Crippen molar-refractivity contribution < 1.29 is 0 Å². The van der Waals surface area contributed by atoms with Gasteiger partial charge < -0.3 is 0 Å². The average molecular weight is 171 g/mol. The number of halogens is 1. The van der Waals surface area contributed by atoms with Crippen molar-refractivity contribution in [3.63, 3.8) is 0 Å². The van der Waals surface area contributed by atoms with Crippen LogP contribution in [0.3, 0.4) is 0 Å². The summed E-state index contributed by atoms with van der Waals surface area (Å²) in [6, 6.07) is 0. The Morgan fingerprint density at radius 3 is 2.40 bits per heavy atom. The Morgan fingerprint density at radius 1 is 1.50 bits per heavy atom. The lowest BCUT2D eigenvalue weighted by atomic mass is 10.5. The van der Waals surface area contributed by atoms with Gasteiger partial charge in [-0.2, -0.15) is 11.1 Å². The Hall–Kier alpha value is -0.273. The van der Waals surface area contributed by atoms with E-state index < -0.39 is 7.38 Å². The maximum absolute atomic E-state index is 6.25. The van der Waals surface area contributed by atoms with Gasteiger partial charge in [0.05, 0.1) is 0 Å². The second-order valence-electron chi connectivity index (χ2n) is 2.65. The molecule has 0 saturated carbocycles. The van der Waals surface area contributed by atoms with Gasteiger partial charge in [0.1, 0.15) is 0 Å².